The second-order valence-electron chi connectivity index (χ2n) is 8.28. The topological polar surface area (TPSA) is 78.6 Å². The summed E-state index contributed by atoms with van der Waals surface area (Å²) in [6, 6.07) is 3.81. The summed E-state index contributed by atoms with van der Waals surface area (Å²) >= 11 is 0. The van der Waals surface area contributed by atoms with Gasteiger partial charge < -0.3 is 8.92 Å². The summed E-state index contributed by atoms with van der Waals surface area (Å²) in [4.78, 5) is 0. The van der Waals surface area contributed by atoms with Gasteiger partial charge in [-0.1, -0.05) is 13.3 Å². The molecule has 0 unspecified atom stereocenters. The number of fused-ring (bicyclic) bond motifs is 5. The number of ether oxygens (including phenoxy) is 1. The largest absolute Gasteiger partial charge is 0.493 e. The van der Waals surface area contributed by atoms with Crippen molar-refractivity contribution in [3.8, 4) is 11.5 Å². The van der Waals surface area contributed by atoms with Gasteiger partial charge >= 0.3 is 10.3 Å². The van der Waals surface area contributed by atoms with Crippen LogP contribution < -0.4 is 14.1 Å². The summed E-state index contributed by atoms with van der Waals surface area (Å²) in [5.41, 5.74) is 3.03. The number of methoxy groups -OCH3 is 1. The van der Waals surface area contributed by atoms with Gasteiger partial charge in [-0.05, 0) is 85.0 Å². The molecule has 0 bridgehead atoms. The van der Waals surface area contributed by atoms with E-state index in [1.165, 1.54) is 56.8 Å². The first-order chi connectivity index (χ1) is 11.8. The third-order valence-corrected chi connectivity index (χ3v) is 7.41. The van der Waals surface area contributed by atoms with Crippen molar-refractivity contribution in [2.75, 3.05) is 7.11 Å². The van der Waals surface area contributed by atoms with E-state index in [1.807, 2.05) is 12.1 Å². The molecule has 5 nitrogen and oxygen atoms in total. The molecule has 138 valence electrons. The number of nitrogens with two attached hydrogens (primary N) is 1. The lowest BCUT2D eigenvalue weighted by Crippen LogP contribution is -2.39. The summed E-state index contributed by atoms with van der Waals surface area (Å²) in [5, 5.41) is 5.04. The van der Waals surface area contributed by atoms with Gasteiger partial charge in [0.15, 0.2) is 11.5 Å². The van der Waals surface area contributed by atoms with Crippen LogP contribution in [0.2, 0.25) is 0 Å². The smallest absolute Gasteiger partial charge is 0.380 e. The summed E-state index contributed by atoms with van der Waals surface area (Å²) in [6.45, 7) is 2.49. The molecule has 0 amide bonds. The Hall–Kier alpha value is -1.27. The number of aryl methyl sites for hydroxylation is 1. The van der Waals surface area contributed by atoms with Crippen molar-refractivity contribution in [3.63, 3.8) is 0 Å². The Morgan fingerprint density at radius 1 is 1.16 bits per heavy atom. The Bertz CT molecular complexity index is 791. The van der Waals surface area contributed by atoms with Crippen LogP contribution in [0.1, 0.15) is 62.5 Å². The molecular formula is C19H27NO4S. The van der Waals surface area contributed by atoms with Crippen molar-refractivity contribution in [3.05, 3.63) is 23.3 Å². The van der Waals surface area contributed by atoms with E-state index in [0.29, 0.717) is 17.1 Å². The van der Waals surface area contributed by atoms with Gasteiger partial charge in [0.1, 0.15) is 0 Å². The van der Waals surface area contributed by atoms with Gasteiger partial charge in [0.2, 0.25) is 0 Å². The van der Waals surface area contributed by atoms with Crippen LogP contribution in [0.3, 0.4) is 0 Å². The standard InChI is InChI=1S/C19H27NO4S/c1-19-8-3-4-16(19)14-6-5-12-10-18(24-25(20,21)22)17(23-2)11-15(12)13(14)7-9-19/h10-11,13-14,16H,3-9H2,1-2H3,(H2,20,21,22)/t13-,14+,16-,19-/m0/s1. The molecule has 1 aromatic carbocycles. The van der Waals surface area contributed by atoms with Gasteiger partial charge in [-0.15, -0.1) is 0 Å². The van der Waals surface area contributed by atoms with Crippen LogP contribution in [-0.2, 0) is 16.7 Å². The molecule has 3 aliphatic carbocycles. The van der Waals surface area contributed by atoms with E-state index in [2.05, 4.69) is 6.92 Å². The minimum absolute atomic E-state index is 0.198. The molecule has 0 aliphatic heterocycles. The molecule has 0 spiro atoms. The maximum absolute atomic E-state index is 11.3. The number of hydrogen-bond donors (Lipinski definition) is 1. The number of benzene rings is 1. The maximum Gasteiger partial charge on any atom is 0.380 e. The number of rotatable bonds is 3. The highest BCUT2D eigenvalue weighted by atomic mass is 32.2. The van der Waals surface area contributed by atoms with Crippen LogP contribution in [0.4, 0.5) is 0 Å². The molecule has 2 N–H and O–H groups in total. The van der Waals surface area contributed by atoms with Crippen LogP contribution in [0.15, 0.2) is 12.1 Å². The van der Waals surface area contributed by atoms with Crippen LogP contribution in [0.5, 0.6) is 11.5 Å². The van der Waals surface area contributed by atoms with E-state index in [9.17, 15) is 8.42 Å². The Balaban J connectivity index is 1.71. The molecule has 2 fully saturated rings. The van der Waals surface area contributed by atoms with E-state index in [1.54, 1.807) is 0 Å². The summed E-state index contributed by atoms with van der Waals surface area (Å²) < 4.78 is 33.0. The summed E-state index contributed by atoms with van der Waals surface area (Å²) in [6.07, 6.45) is 8.74. The highest BCUT2D eigenvalue weighted by Gasteiger charge is 2.50. The minimum Gasteiger partial charge on any atom is -0.493 e. The van der Waals surface area contributed by atoms with Gasteiger partial charge in [0.25, 0.3) is 0 Å². The van der Waals surface area contributed by atoms with Crippen molar-refractivity contribution < 1.29 is 17.3 Å². The Kier molecular flexibility index (Phi) is 4.03. The highest BCUT2D eigenvalue weighted by molar-refractivity contribution is 7.84. The van der Waals surface area contributed by atoms with Gasteiger partial charge in [0, 0.05) is 0 Å². The summed E-state index contributed by atoms with van der Waals surface area (Å²) in [5.74, 6) is 2.77. The highest BCUT2D eigenvalue weighted by Crippen LogP contribution is 2.61. The lowest BCUT2D eigenvalue weighted by atomic mass is 9.56. The fourth-order valence-electron chi connectivity index (χ4n) is 5.92. The first kappa shape index (κ1) is 17.2. The first-order valence-electron chi connectivity index (χ1n) is 9.24. The Morgan fingerprint density at radius 3 is 2.68 bits per heavy atom. The lowest BCUT2D eigenvalue weighted by Gasteiger charge is -2.49. The number of hydrogen-bond acceptors (Lipinski definition) is 4. The molecular weight excluding hydrogens is 338 g/mol. The van der Waals surface area contributed by atoms with Gasteiger partial charge in [-0.3, -0.25) is 0 Å². The predicted molar refractivity (Wildman–Crippen MR) is 96.0 cm³/mol. The third kappa shape index (κ3) is 2.93. The molecule has 2 saturated carbocycles. The quantitative estimate of drug-likeness (QED) is 0.889. The Morgan fingerprint density at radius 2 is 1.96 bits per heavy atom. The average molecular weight is 365 g/mol. The van der Waals surface area contributed by atoms with E-state index < -0.39 is 10.3 Å². The second-order valence-corrected chi connectivity index (χ2v) is 9.43. The first-order valence-corrected chi connectivity index (χ1v) is 10.7. The molecule has 6 heteroatoms. The molecule has 25 heavy (non-hydrogen) atoms. The minimum atomic E-state index is -4.06. The molecule has 0 radical (unpaired) electrons. The lowest BCUT2D eigenvalue weighted by molar-refractivity contribution is 0.0597. The fourth-order valence-corrected chi connectivity index (χ4v) is 6.30. The summed E-state index contributed by atoms with van der Waals surface area (Å²) in [7, 11) is -2.52. The van der Waals surface area contributed by atoms with Crippen molar-refractivity contribution >= 4 is 10.3 Å². The predicted octanol–water partition coefficient (Wildman–Crippen LogP) is 3.52. The molecule has 1 aromatic rings. The SMILES string of the molecule is COc1cc2c(cc1OS(N)(=O)=O)CC[C@@H]1[C@@H]2CC[C@]2(C)CCC[C@@H]12. The molecule has 4 rings (SSSR count). The molecule has 4 atom stereocenters. The molecule has 0 saturated heterocycles. The third-order valence-electron chi connectivity index (χ3n) is 7.00. The van der Waals surface area contributed by atoms with E-state index >= 15 is 0 Å². The normalized spacial score (nSPS) is 34.0. The molecule has 0 heterocycles. The Labute approximate surface area is 150 Å². The van der Waals surface area contributed by atoms with Crippen molar-refractivity contribution in [1.82, 2.24) is 0 Å². The average Bonchev–Trinajstić information content (AvgIpc) is 2.94. The zero-order chi connectivity index (χ0) is 17.8. The monoisotopic (exact) mass is 365 g/mol. The van der Waals surface area contributed by atoms with Crippen molar-refractivity contribution in [2.45, 2.75) is 57.8 Å². The van der Waals surface area contributed by atoms with Crippen LogP contribution in [0.25, 0.3) is 0 Å². The second kappa shape index (κ2) is 5.88. The molecule has 0 aromatic heterocycles. The zero-order valence-corrected chi connectivity index (χ0v) is 15.8. The van der Waals surface area contributed by atoms with E-state index in [4.69, 9.17) is 14.1 Å². The van der Waals surface area contributed by atoms with Gasteiger partial charge in [0.05, 0.1) is 7.11 Å². The van der Waals surface area contributed by atoms with Crippen LogP contribution >= 0.6 is 0 Å². The molecule has 3 aliphatic rings. The van der Waals surface area contributed by atoms with Crippen LogP contribution in [-0.4, -0.2) is 15.5 Å². The fraction of sp³-hybridized carbons (Fsp3) is 0.684. The zero-order valence-electron chi connectivity index (χ0n) is 15.0. The van der Waals surface area contributed by atoms with Crippen molar-refractivity contribution in [1.29, 1.82) is 0 Å². The van der Waals surface area contributed by atoms with Crippen molar-refractivity contribution in [2.24, 2.45) is 22.4 Å². The van der Waals surface area contributed by atoms with Crippen LogP contribution in [0, 0.1) is 17.3 Å². The van der Waals surface area contributed by atoms with Gasteiger partial charge in [-0.25, -0.2) is 0 Å². The van der Waals surface area contributed by atoms with Gasteiger partial charge in [-0.2, -0.15) is 13.6 Å². The van der Waals surface area contributed by atoms with E-state index in [0.717, 1.165) is 18.3 Å². The van der Waals surface area contributed by atoms with E-state index in [-0.39, 0.29) is 5.75 Å². The maximum atomic E-state index is 11.3.